The van der Waals surface area contributed by atoms with Crippen molar-refractivity contribution in [3.8, 4) is 11.8 Å². The Labute approximate surface area is 107 Å². The summed E-state index contributed by atoms with van der Waals surface area (Å²) < 4.78 is 18.7. The second kappa shape index (κ2) is 4.95. The molecule has 0 spiro atoms. The van der Waals surface area contributed by atoms with Gasteiger partial charge in [-0.05, 0) is 38.1 Å². The van der Waals surface area contributed by atoms with E-state index in [0.29, 0.717) is 5.75 Å². The highest BCUT2D eigenvalue weighted by Gasteiger charge is 2.45. The van der Waals surface area contributed by atoms with Gasteiger partial charge < -0.3 is 10.1 Å². The van der Waals surface area contributed by atoms with Crippen molar-refractivity contribution in [1.82, 2.24) is 5.32 Å². The number of nitrogens with one attached hydrogen (secondary N) is 1. The van der Waals surface area contributed by atoms with Gasteiger partial charge in [-0.25, -0.2) is 4.39 Å². The standard InChI is InChI=1S/C14H17FN2O/c1-17-13(14(9-16)6-3-7-14)11-8-10(15)4-5-12(11)18-2/h4-5,8,13,17H,3,6-7H2,1-2H3. The van der Waals surface area contributed by atoms with Crippen molar-refractivity contribution >= 4 is 0 Å². The number of hydrogen-bond donors (Lipinski definition) is 1. The third-order valence-corrected chi connectivity index (χ3v) is 3.81. The van der Waals surface area contributed by atoms with Gasteiger partial charge in [0.1, 0.15) is 11.6 Å². The lowest BCUT2D eigenvalue weighted by atomic mass is 9.63. The zero-order valence-electron chi connectivity index (χ0n) is 10.7. The summed E-state index contributed by atoms with van der Waals surface area (Å²) in [4.78, 5) is 0. The summed E-state index contributed by atoms with van der Waals surface area (Å²) in [5.74, 6) is 0.315. The minimum absolute atomic E-state index is 0.193. The first-order valence-electron chi connectivity index (χ1n) is 6.09. The molecule has 2 rings (SSSR count). The lowest BCUT2D eigenvalue weighted by molar-refractivity contribution is 0.146. The molecule has 0 amide bonds. The first kappa shape index (κ1) is 12.8. The van der Waals surface area contributed by atoms with E-state index in [1.807, 2.05) is 0 Å². The van der Waals surface area contributed by atoms with E-state index in [9.17, 15) is 9.65 Å². The van der Waals surface area contributed by atoms with E-state index in [4.69, 9.17) is 4.74 Å². The molecule has 0 aromatic heterocycles. The van der Waals surface area contributed by atoms with Crippen LogP contribution in [0, 0.1) is 22.6 Å². The molecule has 4 heteroatoms. The van der Waals surface area contributed by atoms with Crippen LogP contribution in [-0.2, 0) is 0 Å². The van der Waals surface area contributed by atoms with Gasteiger partial charge in [0.25, 0.3) is 0 Å². The largest absolute Gasteiger partial charge is 0.496 e. The Morgan fingerprint density at radius 1 is 1.50 bits per heavy atom. The molecule has 1 N–H and O–H groups in total. The van der Waals surface area contributed by atoms with Crippen molar-refractivity contribution in [3.05, 3.63) is 29.6 Å². The van der Waals surface area contributed by atoms with Crippen LogP contribution in [0.1, 0.15) is 30.9 Å². The molecule has 1 aromatic rings. The van der Waals surface area contributed by atoms with Gasteiger partial charge >= 0.3 is 0 Å². The van der Waals surface area contributed by atoms with Crippen LogP contribution in [0.4, 0.5) is 4.39 Å². The van der Waals surface area contributed by atoms with E-state index in [1.165, 1.54) is 12.1 Å². The Morgan fingerprint density at radius 3 is 2.67 bits per heavy atom. The van der Waals surface area contributed by atoms with Crippen LogP contribution in [0.25, 0.3) is 0 Å². The summed E-state index contributed by atoms with van der Waals surface area (Å²) in [6, 6.07) is 6.64. The summed E-state index contributed by atoms with van der Waals surface area (Å²) in [6.45, 7) is 0. The number of benzene rings is 1. The average Bonchev–Trinajstić information content (AvgIpc) is 2.33. The second-order valence-electron chi connectivity index (χ2n) is 4.73. The Morgan fingerprint density at radius 2 is 2.22 bits per heavy atom. The second-order valence-corrected chi connectivity index (χ2v) is 4.73. The maximum atomic E-state index is 13.4. The molecule has 1 fully saturated rings. The van der Waals surface area contributed by atoms with Gasteiger partial charge in [0.2, 0.25) is 0 Å². The smallest absolute Gasteiger partial charge is 0.123 e. The Bertz CT molecular complexity index is 477. The van der Waals surface area contributed by atoms with Crippen molar-refractivity contribution in [2.45, 2.75) is 25.3 Å². The third kappa shape index (κ3) is 1.95. The molecular formula is C14H17FN2O. The summed E-state index contributed by atoms with van der Waals surface area (Å²) in [7, 11) is 3.36. The van der Waals surface area contributed by atoms with Crippen LogP contribution in [0.2, 0.25) is 0 Å². The molecule has 18 heavy (non-hydrogen) atoms. The number of methoxy groups -OCH3 is 1. The van der Waals surface area contributed by atoms with E-state index >= 15 is 0 Å². The number of halogens is 1. The van der Waals surface area contributed by atoms with Gasteiger partial charge in [0.05, 0.1) is 24.6 Å². The molecule has 96 valence electrons. The maximum absolute atomic E-state index is 13.4. The average molecular weight is 248 g/mol. The Kier molecular flexibility index (Phi) is 3.53. The summed E-state index contributed by atoms with van der Waals surface area (Å²) in [5.41, 5.74) is 0.289. The normalized spacial score (nSPS) is 18.6. The molecular weight excluding hydrogens is 231 g/mol. The van der Waals surface area contributed by atoms with Gasteiger partial charge in [-0.3, -0.25) is 0 Å². The molecule has 1 saturated carbocycles. The van der Waals surface area contributed by atoms with Crippen LogP contribution < -0.4 is 10.1 Å². The number of hydrogen-bond acceptors (Lipinski definition) is 3. The van der Waals surface area contributed by atoms with Gasteiger partial charge in [0, 0.05) is 5.56 Å². The fourth-order valence-corrected chi connectivity index (χ4v) is 2.68. The lowest BCUT2D eigenvalue weighted by Crippen LogP contribution is -2.41. The summed E-state index contributed by atoms with van der Waals surface area (Å²) in [6.07, 6.45) is 2.73. The van der Waals surface area contributed by atoms with E-state index in [2.05, 4.69) is 11.4 Å². The quantitative estimate of drug-likeness (QED) is 0.891. The molecule has 1 aliphatic carbocycles. The monoisotopic (exact) mass is 248 g/mol. The summed E-state index contributed by atoms with van der Waals surface area (Å²) >= 11 is 0. The fraction of sp³-hybridized carbons (Fsp3) is 0.500. The van der Waals surface area contributed by atoms with Crippen molar-refractivity contribution in [2.75, 3.05) is 14.2 Å². The van der Waals surface area contributed by atoms with Crippen LogP contribution in [0.15, 0.2) is 18.2 Å². The molecule has 1 atom stereocenters. The maximum Gasteiger partial charge on any atom is 0.123 e. The third-order valence-electron chi connectivity index (χ3n) is 3.81. The minimum atomic E-state index is -0.435. The van der Waals surface area contributed by atoms with Crippen molar-refractivity contribution in [1.29, 1.82) is 5.26 Å². The Hall–Kier alpha value is -1.60. The van der Waals surface area contributed by atoms with Crippen LogP contribution in [0.3, 0.4) is 0 Å². The van der Waals surface area contributed by atoms with Crippen LogP contribution in [-0.4, -0.2) is 14.2 Å². The molecule has 0 saturated heterocycles. The minimum Gasteiger partial charge on any atom is -0.496 e. The fourth-order valence-electron chi connectivity index (χ4n) is 2.68. The molecule has 0 bridgehead atoms. The first-order chi connectivity index (χ1) is 8.66. The van der Waals surface area contributed by atoms with E-state index in [1.54, 1.807) is 20.2 Å². The highest BCUT2D eigenvalue weighted by molar-refractivity contribution is 5.39. The van der Waals surface area contributed by atoms with Gasteiger partial charge in [-0.2, -0.15) is 5.26 Å². The zero-order chi connectivity index (χ0) is 13.2. The predicted molar refractivity (Wildman–Crippen MR) is 66.6 cm³/mol. The van der Waals surface area contributed by atoms with Crippen molar-refractivity contribution in [3.63, 3.8) is 0 Å². The number of nitrogens with zero attached hydrogens (tertiary/aromatic N) is 1. The predicted octanol–water partition coefficient (Wildman–Crippen LogP) is 2.79. The molecule has 1 unspecified atom stereocenters. The molecule has 0 heterocycles. The molecule has 1 aliphatic rings. The van der Waals surface area contributed by atoms with E-state index < -0.39 is 5.41 Å². The zero-order valence-corrected chi connectivity index (χ0v) is 10.7. The lowest BCUT2D eigenvalue weighted by Gasteiger charge is -2.42. The number of nitriles is 1. The van der Waals surface area contributed by atoms with Gasteiger partial charge in [0.15, 0.2) is 0 Å². The SMILES string of the molecule is CNC(c1cc(F)ccc1OC)C1(C#N)CCC1. The van der Waals surface area contributed by atoms with Crippen LogP contribution >= 0.6 is 0 Å². The topological polar surface area (TPSA) is 45.0 Å². The molecule has 3 nitrogen and oxygen atoms in total. The highest BCUT2D eigenvalue weighted by atomic mass is 19.1. The van der Waals surface area contributed by atoms with E-state index in [0.717, 1.165) is 24.8 Å². The Balaban J connectivity index is 2.44. The van der Waals surface area contributed by atoms with E-state index in [-0.39, 0.29) is 11.9 Å². The molecule has 0 radical (unpaired) electrons. The molecule has 1 aromatic carbocycles. The van der Waals surface area contributed by atoms with Crippen molar-refractivity contribution in [2.24, 2.45) is 5.41 Å². The number of ether oxygens (including phenoxy) is 1. The summed E-state index contributed by atoms with van der Waals surface area (Å²) in [5, 5.41) is 12.6. The van der Waals surface area contributed by atoms with Gasteiger partial charge in [-0.1, -0.05) is 6.42 Å². The van der Waals surface area contributed by atoms with Gasteiger partial charge in [-0.15, -0.1) is 0 Å². The first-order valence-corrected chi connectivity index (χ1v) is 6.09. The number of rotatable bonds is 4. The molecule has 0 aliphatic heterocycles. The van der Waals surface area contributed by atoms with Crippen LogP contribution in [0.5, 0.6) is 5.75 Å². The highest BCUT2D eigenvalue weighted by Crippen LogP contribution is 2.51. The van der Waals surface area contributed by atoms with Crippen molar-refractivity contribution < 1.29 is 9.13 Å².